The summed E-state index contributed by atoms with van der Waals surface area (Å²) < 4.78 is 93.3. The lowest BCUT2D eigenvalue weighted by molar-refractivity contribution is -0.137. The normalized spacial score (nSPS) is 18.4. The molecule has 1 amide bonds. The van der Waals surface area contributed by atoms with Crippen molar-refractivity contribution in [2.45, 2.75) is 23.5 Å². The molecule has 0 radical (unpaired) electrons. The predicted molar refractivity (Wildman–Crippen MR) is 121 cm³/mol. The van der Waals surface area contributed by atoms with Gasteiger partial charge in [-0.3, -0.25) is 9.79 Å². The van der Waals surface area contributed by atoms with E-state index in [1.54, 1.807) is 12.1 Å². The van der Waals surface area contributed by atoms with Crippen LogP contribution in [0.2, 0.25) is 0 Å². The van der Waals surface area contributed by atoms with Crippen molar-refractivity contribution in [3.8, 4) is 0 Å². The molecule has 2 heterocycles. The van der Waals surface area contributed by atoms with Crippen LogP contribution < -0.4 is 14.8 Å². The summed E-state index contributed by atoms with van der Waals surface area (Å²) in [6.07, 6.45) is -3.66. The molecule has 0 aromatic heterocycles. The Morgan fingerprint density at radius 3 is 2.40 bits per heavy atom. The number of hydrogen-bond donors (Lipinski definition) is 3. The number of alkyl halides is 3. The largest absolute Gasteiger partial charge is 0.416 e. The summed E-state index contributed by atoms with van der Waals surface area (Å²) in [7, 11) is -8.29. The molecular weight excluding hydrogens is 509 g/mol. The Hall–Kier alpha value is -3.23. The number of aliphatic imine (C=N–C) groups is 1. The Kier molecular flexibility index (Phi) is 6.46. The van der Waals surface area contributed by atoms with Crippen LogP contribution in [0.1, 0.15) is 16.7 Å². The Balaban J connectivity index is 1.58. The van der Waals surface area contributed by atoms with Gasteiger partial charge in [-0.2, -0.15) is 13.2 Å². The minimum absolute atomic E-state index is 0.0767. The van der Waals surface area contributed by atoms with E-state index in [0.29, 0.717) is 30.6 Å². The van der Waals surface area contributed by atoms with Crippen LogP contribution in [0.25, 0.3) is 4.91 Å². The van der Waals surface area contributed by atoms with Gasteiger partial charge in [0.15, 0.2) is 0 Å². The molecule has 0 saturated heterocycles. The quantitative estimate of drug-likeness (QED) is 0.498. The Morgan fingerprint density at radius 2 is 1.83 bits per heavy atom. The van der Waals surface area contributed by atoms with Crippen LogP contribution in [0.15, 0.2) is 64.5 Å². The number of carbonyl (C=O) groups excluding carboxylic acids is 1. The molecule has 2 aliphatic heterocycles. The van der Waals surface area contributed by atoms with Gasteiger partial charge in [0.1, 0.15) is 10.7 Å². The smallest absolute Gasteiger partial charge is 0.371 e. The SMILES string of the molecule is O=C1C=C(c2ccc(CC(NS(=O)(=O)c3cccc(C(F)(F)F)c3)C3=NCCN3)cc2)S(=O)(=O)N1. The highest BCUT2D eigenvalue weighted by Crippen LogP contribution is 2.30. The molecule has 2 aliphatic rings. The summed E-state index contributed by atoms with van der Waals surface area (Å²) in [6, 6.07) is 8.58. The van der Waals surface area contributed by atoms with Crippen LogP contribution in [0.5, 0.6) is 0 Å². The van der Waals surface area contributed by atoms with E-state index in [4.69, 9.17) is 0 Å². The third-order valence-electron chi connectivity index (χ3n) is 5.26. The average molecular weight is 529 g/mol. The first kappa shape index (κ1) is 24.9. The number of carbonyl (C=O) groups is 1. The number of amidine groups is 1. The van der Waals surface area contributed by atoms with E-state index in [2.05, 4.69) is 15.0 Å². The van der Waals surface area contributed by atoms with Crippen molar-refractivity contribution in [3.05, 3.63) is 71.3 Å². The molecule has 4 rings (SSSR count). The molecule has 14 heteroatoms. The molecule has 0 fully saturated rings. The van der Waals surface area contributed by atoms with Crippen molar-refractivity contribution in [3.63, 3.8) is 0 Å². The lowest BCUT2D eigenvalue weighted by Gasteiger charge is -2.20. The van der Waals surface area contributed by atoms with Gasteiger partial charge < -0.3 is 5.32 Å². The highest BCUT2D eigenvalue weighted by Gasteiger charge is 2.33. The van der Waals surface area contributed by atoms with Gasteiger partial charge in [-0.25, -0.2) is 26.3 Å². The minimum atomic E-state index is -4.70. The van der Waals surface area contributed by atoms with E-state index in [-0.39, 0.29) is 16.9 Å². The summed E-state index contributed by atoms with van der Waals surface area (Å²) in [5.74, 6) is -0.418. The molecule has 0 saturated carbocycles. The molecular formula is C21H19F3N4O5S2. The van der Waals surface area contributed by atoms with Gasteiger partial charge in [-0.15, -0.1) is 0 Å². The third-order valence-corrected chi connectivity index (χ3v) is 8.14. The number of rotatable bonds is 7. The summed E-state index contributed by atoms with van der Waals surface area (Å²) in [5, 5.41) is 2.97. The topological polar surface area (TPSA) is 134 Å². The standard InChI is InChI=1S/C21H19F3N4O5S2/c22-21(23,24)15-2-1-3-16(11-15)34(30,31)27-17(20-25-8-9-26-20)10-13-4-6-14(7-5-13)18-12-19(29)28-35(18,32)33/h1-7,11-12,17,27H,8-10H2,(H,25,26)(H,28,29). The van der Waals surface area contributed by atoms with Crippen molar-refractivity contribution in [1.82, 2.24) is 14.8 Å². The van der Waals surface area contributed by atoms with Crippen molar-refractivity contribution in [2.24, 2.45) is 4.99 Å². The number of sulfonamides is 2. The zero-order valence-electron chi connectivity index (χ0n) is 17.8. The van der Waals surface area contributed by atoms with Crippen molar-refractivity contribution >= 4 is 36.7 Å². The lowest BCUT2D eigenvalue weighted by atomic mass is 10.0. The third kappa shape index (κ3) is 5.55. The molecule has 186 valence electrons. The summed E-state index contributed by atoms with van der Waals surface area (Å²) in [5.41, 5.74) is -0.227. The zero-order chi connectivity index (χ0) is 25.4. The molecule has 0 spiro atoms. The first-order valence-corrected chi connectivity index (χ1v) is 13.2. The van der Waals surface area contributed by atoms with E-state index in [1.165, 1.54) is 12.1 Å². The molecule has 2 aromatic carbocycles. The maximum Gasteiger partial charge on any atom is 0.416 e. The number of benzene rings is 2. The molecule has 35 heavy (non-hydrogen) atoms. The molecule has 1 unspecified atom stereocenters. The molecule has 0 bridgehead atoms. The monoisotopic (exact) mass is 528 g/mol. The van der Waals surface area contributed by atoms with Gasteiger partial charge >= 0.3 is 6.18 Å². The van der Waals surface area contributed by atoms with Gasteiger partial charge in [0.05, 0.1) is 23.0 Å². The lowest BCUT2D eigenvalue weighted by Crippen LogP contribution is -2.46. The van der Waals surface area contributed by atoms with E-state index in [1.807, 2.05) is 4.72 Å². The maximum atomic E-state index is 13.1. The highest BCUT2D eigenvalue weighted by molar-refractivity contribution is 8.00. The second kappa shape index (κ2) is 9.09. The van der Waals surface area contributed by atoms with Gasteiger partial charge in [0, 0.05) is 12.6 Å². The summed E-state index contributed by atoms with van der Waals surface area (Å²) in [4.78, 5) is 14.9. The predicted octanol–water partition coefficient (Wildman–Crippen LogP) is 1.40. The van der Waals surface area contributed by atoms with Crippen molar-refractivity contribution < 1.29 is 34.8 Å². The fraction of sp³-hybridized carbons (Fsp3) is 0.238. The fourth-order valence-electron chi connectivity index (χ4n) is 3.63. The number of nitrogens with zero attached hydrogens (tertiary/aromatic N) is 1. The Morgan fingerprint density at radius 1 is 1.11 bits per heavy atom. The van der Waals surface area contributed by atoms with Gasteiger partial charge in [-0.05, 0) is 35.7 Å². The van der Waals surface area contributed by atoms with Crippen LogP contribution in [0, 0.1) is 0 Å². The van der Waals surface area contributed by atoms with Crippen LogP contribution in [0.3, 0.4) is 0 Å². The van der Waals surface area contributed by atoms with Crippen molar-refractivity contribution in [2.75, 3.05) is 13.1 Å². The second-order valence-corrected chi connectivity index (χ2v) is 11.1. The average Bonchev–Trinajstić information content (AvgIpc) is 3.40. The zero-order valence-corrected chi connectivity index (χ0v) is 19.5. The van der Waals surface area contributed by atoms with E-state index in [0.717, 1.165) is 24.3 Å². The Labute approximate surface area is 199 Å². The molecule has 2 aromatic rings. The molecule has 1 atom stereocenters. The van der Waals surface area contributed by atoms with Gasteiger partial charge in [-0.1, -0.05) is 30.3 Å². The highest BCUT2D eigenvalue weighted by atomic mass is 32.2. The van der Waals surface area contributed by atoms with E-state index in [9.17, 15) is 34.8 Å². The van der Waals surface area contributed by atoms with Gasteiger partial charge in [0.25, 0.3) is 15.9 Å². The minimum Gasteiger partial charge on any atom is -0.371 e. The second-order valence-electron chi connectivity index (χ2n) is 7.77. The van der Waals surface area contributed by atoms with Crippen LogP contribution in [0.4, 0.5) is 13.2 Å². The van der Waals surface area contributed by atoms with Crippen LogP contribution in [-0.2, 0) is 37.4 Å². The molecule has 9 nitrogen and oxygen atoms in total. The molecule has 3 N–H and O–H groups in total. The summed E-state index contributed by atoms with van der Waals surface area (Å²) >= 11 is 0. The Bertz CT molecular complexity index is 1430. The number of amides is 1. The maximum absolute atomic E-state index is 13.1. The first-order chi connectivity index (χ1) is 16.3. The number of hydrogen-bond acceptors (Lipinski definition) is 7. The van der Waals surface area contributed by atoms with E-state index >= 15 is 0 Å². The number of nitrogens with one attached hydrogen (secondary N) is 3. The molecule has 0 aliphatic carbocycles. The number of halogens is 3. The van der Waals surface area contributed by atoms with Crippen LogP contribution >= 0.6 is 0 Å². The van der Waals surface area contributed by atoms with E-state index < -0.39 is 48.6 Å². The fourth-order valence-corrected chi connectivity index (χ4v) is 6.02. The van der Waals surface area contributed by atoms with Gasteiger partial charge in [0.2, 0.25) is 10.0 Å². The van der Waals surface area contributed by atoms with Crippen molar-refractivity contribution in [1.29, 1.82) is 0 Å². The first-order valence-electron chi connectivity index (χ1n) is 10.2. The summed E-state index contributed by atoms with van der Waals surface area (Å²) in [6.45, 7) is 0.881. The van der Waals surface area contributed by atoms with Crippen LogP contribution in [-0.4, -0.2) is 47.7 Å².